The maximum absolute atomic E-state index is 10.8. The lowest BCUT2D eigenvalue weighted by Gasteiger charge is -2.12. The van der Waals surface area contributed by atoms with Crippen molar-refractivity contribution in [3.63, 3.8) is 0 Å². The summed E-state index contributed by atoms with van der Waals surface area (Å²) < 4.78 is 13.5. The number of rotatable bonds is 9. The first-order valence-electron chi connectivity index (χ1n) is 9.19. The predicted molar refractivity (Wildman–Crippen MR) is 115 cm³/mol. The molecule has 0 fully saturated rings. The third-order valence-corrected chi connectivity index (χ3v) is 4.40. The third kappa shape index (κ3) is 4.95. The molecule has 0 aliphatic carbocycles. The van der Waals surface area contributed by atoms with Crippen LogP contribution in [-0.4, -0.2) is 30.5 Å². The van der Waals surface area contributed by atoms with Gasteiger partial charge in [-0.05, 0) is 30.2 Å². The Morgan fingerprint density at radius 2 is 2.10 bits per heavy atom. The summed E-state index contributed by atoms with van der Waals surface area (Å²) in [6, 6.07) is 13.1. The van der Waals surface area contributed by atoms with Gasteiger partial charge in [-0.1, -0.05) is 30.3 Å². The minimum absolute atomic E-state index is 0.464. The molecule has 3 aromatic rings. The zero-order valence-corrected chi connectivity index (χ0v) is 16.3. The minimum atomic E-state index is -0.702. The van der Waals surface area contributed by atoms with Gasteiger partial charge in [-0.15, -0.1) is 6.58 Å². The summed E-state index contributed by atoms with van der Waals surface area (Å²) in [4.78, 5) is 10.8. The van der Waals surface area contributed by atoms with Gasteiger partial charge in [0.05, 0.1) is 19.9 Å². The van der Waals surface area contributed by atoms with Gasteiger partial charge in [0.2, 0.25) is 0 Å². The number of nitrogens with two attached hydrogens (primary N) is 1. The molecule has 1 aromatic heterocycles. The van der Waals surface area contributed by atoms with E-state index in [0.717, 1.165) is 28.5 Å². The van der Waals surface area contributed by atoms with E-state index in [1.54, 1.807) is 13.3 Å². The van der Waals surface area contributed by atoms with Gasteiger partial charge in [-0.3, -0.25) is 0 Å². The van der Waals surface area contributed by atoms with Crippen LogP contribution in [0.25, 0.3) is 10.9 Å². The van der Waals surface area contributed by atoms with Gasteiger partial charge in [-0.25, -0.2) is 10.2 Å². The molecule has 150 valence electrons. The molecule has 0 saturated carbocycles. The van der Waals surface area contributed by atoms with Crippen molar-refractivity contribution in [1.29, 1.82) is 0 Å². The number of hydrogen-bond donors (Lipinski definition) is 2. The number of hydrogen-bond acceptors (Lipinski definition) is 4. The third-order valence-electron chi connectivity index (χ3n) is 4.40. The Labute approximate surface area is 169 Å². The standard InChI is InChI=1S/C22H24N4O3/c1-3-6-16-9-10-20(21(13-16)28-2)29-12-11-26-15-17(14-24-25-22(23)27)18-7-4-5-8-19(18)26/h3-5,7-10,13-15H,1,6,11-12H2,2H3,(H3,23,25,27)/b24-14-. The highest BCUT2D eigenvalue weighted by molar-refractivity contribution is 5.99. The number of benzene rings is 2. The monoisotopic (exact) mass is 392 g/mol. The number of carbonyl (C=O) groups is 1. The number of nitrogens with one attached hydrogen (secondary N) is 1. The van der Waals surface area contributed by atoms with Crippen LogP contribution in [0.2, 0.25) is 0 Å². The Morgan fingerprint density at radius 3 is 2.86 bits per heavy atom. The molecule has 0 unspecified atom stereocenters. The molecule has 0 aliphatic rings. The first-order valence-corrected chi connectivity index (χ1v) is 9.19. The van der Waals surface area contributed by atoms with E-state index in [0.29, 0.717) is 24.7 Å². The molecule has 7 heteroatoms. The first-order chi connectivity index (χ1) is 14.1. The van der Waals surface area contributed by atoms with Gasteiger partial charge >= 0.3 is 6.03 Å². The summed E-state index contributed by atoms with van der Waals surface area (Å²) in [5.74, 6) is 1.40. The van der Waals surface area contributed by atoms with Gasteiger partial charge in [-0.2, -0.15) is 5.10 Å². The van der Waals surface area contributed by atoms with Gasteiger partial charge in [0.1, 0.15) is 6.61 Å². The number of nitrogens with zero attached hydrogens (tertiary/aromatic N) is 2. The fourth-order valence-electron chi connectivity index (χ4n) is 3.11. The molecule has 2 aromatic carbocycles. The van der Waals surface area contributed by atoms with Crippen LogP contribution in [-0.2, 0) is 13.0 Å². The molecule has 1 heterocycles. The Morgan fingerprint density at radius 1 is 1.28 bits per heavy atom. The molecule has 0 radical (unpaired) electrons. The topological polar surface area (TPSA) is 90.9 Å². The van der Waals surface area contributed by atoms with Crippen LogP contribution in [0.5, 0.6) is 11.5 Å². The highest BCUT2D eigenvalue weighted by Crippen LogP contribution is 2.28. The van der Waals surface area contributed by atoms with Gasteiger partial charge in [0.25, 0.3) is 0 Å². The van der Waals surface area contributed by atoms with Crippen LogP contribution in [0, 0.1) is 0 Å². The maximum Gasteiger partial charge on any atom is 0.332 e. The highest BCUT2D eigenvalue weighted by Gasteiger charge is 2.09. The van der Waals surface area contributed by atoms with E-state index in [1.165, 1.54) is 0 Å². The summed E-state index contributed by atoms with van der Waals surface area (Å²) >= 11 is 0. The average Bonchev–Trinajstić information content (AvgIpc) is 3.07. The second-order valence-electron chi connectivity index (χ2n) is 6.36. The smallest absolute Gasteiger partial charge is 0.332 e. The quantitative estimate of drug-likeness (QED) is 0.332. The summed E-state index contributed by atoms with van der Waals surface area (Å²) in [5, 5.41) is 4.88. The van der Waals surface area contributed by atoms with Crippen molar-refractivity contribution in [2.24, 2.45) is 10.8 Å². The van der Waals surface area contributed by atoms with E-state index in [-0.39, 0.29) is 0 Å². The molecule has 0 saturated heterocycles. The van der Waals surface area contributed by atoms with E-state index in [4.69, 9.17) is 15.2 Å². The number of carbonyl (C=O) groups excluding carboxylic acids is 1. The van der Waals surface area contributed by atoms with E-state index in [1.807, 2.05) is 54.7 Å². The van der Waals surface area contributed by atoms with Crippen molar-refractivity contribution < 1.29 is 14.3 Å². The molecule has 2 amide bonds. The molecule has 3 N–H and O–H groups in total. The van der Waals surface area contributed by atoms with E-state index in [9.17, 15) is 4.79 Å². The molecular formula is C22H24N4O3. The van der Waals surface area contributed by atoms with E-state index < -0.39 is 6.03 Å². The van der Waals surface area contributed by atoms with Crippen LogP contribution in [0.1, 0.15) is 11.1 Å². The van der Waals surface area contributed by atoms with E-state index >= 15 is 0 Å². The number of amides is 2. The van der Waals surface area contributed by atoms with Crippen molar-refractivity contribution in [2.45, 2.75) is 13.0 Å². The van der Waals surface area contributed by atoms with Gasteiger partial charge < -0.3 is 19.8 Å². The van der Waals surface area contributed by atoms with Crippen molar-refractivity contribution in [3.05, 3.63) is 72.4 Å². The lowest BCUT2D eigenvalue weighted by Crippen LogP contribution is -2.24. The zero-order chi connectivity index (χ0) is 20.6. The molecule has 29 heavy (non-hydrogen) atoms. The number of para-hydroxylation sites is 1. The van der Waals surface area contributed by atoms with Crippen molar-refractivity contribution >= 4 is 23.1 Å². The number of primary amides is 1. The fraction of sp³-hybridized carbons (Fsp3) is 0.182. The summed E-state index contributed by atoms with van der Waals surface area (Å²) in [5.41, 5.74) is 10.3. The van der Waals surface area contributed by atoms with Gasteiger partial charge in [0.15, 0.2) is 11.5 Å². The lowest BCUT2D eigenvalue weighted by molar-refractivity contribution is 0.249. The maximum atomic E-state index is 10.8. The number of allylic oxidation sites excluding steroid dienone is 1. The number of urea groups is 1. The second-order valence-corrected chi connectivity index (χ2v) is 6.36. The Bertz CT molecular complexity index is 1040. The molecule has 0 aliphatic heterocycles. The van der Waals surface area contributed by atoms with Crippen LogP contribution >= 0.6 is 0 Å². The Kier molecular flexibility index (Phi) is 6.52. The Balaban J connectivity index is 1.73. The van der Waals surface area contributed by atoms with Crippen LogP contribution in [0.15, 0.2) is 66.4 Å². The number of ether oxygens (including phenoxy) is 2. The lowest BCUT2D eigenvalue weighted by atomic mass is 10.1. The number of methoxy groups -OCH3 is 1. The summed E-state index contributed by atoms with van der Waals surface area (Å²) in [7, 11) is 1.63. The predicted octanol–water partition coefficient (Wildman–Crippen LogP) is 3.46. The molecule has 7 nitrogen and oxygen atoms in total. The van der Waals surface area contributed by atoms with Crippen LogP contribution in [0.3, 0.4) is 0 Å². The number of aromatic nitrogens is 1. The SMILES string of the molecule is C=CCc1ccc(OCCn2cc(/C=N\NC(N)=O)c3ccccc32)c(OC)c1. The first kappa shape index (κ1) is 20.0. The summed E-state index contributed by atoms with van der Waals surface area (Å²) in [6.07, 6.45) is 6.17. The van der Waals surface area contributed by atoms with Crippen molar-refractivity contribution in [1.82, 2.24) is 9.99 Å². The Hall–Kier alpha value is -3.74. The van der Waals surface area contributed by atoms with Crippen molar-refractivity contribution in [2.75, 3.05) is 13.7 Å². The fourth-order valence-corrected chi connectivity index (χ4v) is 3.11. The molecule has 0 bridgehead atoms. The van der Waals surface area contributed by atoms with Crippen molar-refractivity contribution in [3.8, 4) is 11.5 Å². The van der Waals surface area contributed by atoms with E-state index in [2.05, 4.69) is 21.7 Å². The van der Waals surface area contributed by atoms with Crippen LogP contribution in [0.4, 0.5) is 4.79 Å². The molecule has 0 spiro atoms. The number of fused-ring (bicyclic) bond motifs is 1. The normalized spacial score (nSPS) is 10.9. The second kappa shape index (κ2) is 9.45. The average molecular weight is 392 g/mol. The molecule has 3 rings (SSSR count). The molecule has 0 atom stereocenters. The number of hydrazone groups is 1. The largest absolute Gasteiger partial charge is 0.493 e. The molecular weight excluding hydrogens is 368 g/mol. The summed E-state index contributed by atoms with van der Waals surface area (Å²) in [6.45, 7) is 4.86. The highest BCUT2D eigenvalue weighted by atomic mass is 16.5. The van der Waals surface area contributed by atoms with Crippen LogP contribution < -0.4 is 20.6 Å². The minimum Gasteiger partial charge on any atom is -0.493 e. The van der Waals surface area contributed by atoms with Gasteiger partial charge in [0, 0.05) is 22.7 Å². The zero-order valence-electron chi connectivity index (χ0n) is 16.3.